The number of methoxy groups -OCH3 is 1. The fourth-order valence-electron chi connectivity index (χ4n) is 4.98. The minimum Gasteiger partial charge on any atom is -0.497 e. The third-order valence-corrected chi connectivity index (χ3v) is 7.64. The highest BCUT2D eigenvalue weighted by molar-refractivity contribution is 7.99. The lowest BCUT2D eigenvalue weighted by atomic mass is 9.95. The number of benzene rings is 2. The second-order valence-corrected chi connectivity index (χ2v) is 9.97. The van der Waals surface area contributed by atoms with Crippen molar-refractivity contribution in [1.82, 2.24) is 19.7 Å². The monoisotopic (exact) mass is 489 g/mol. The van der Waals surface area contributed by atoms with Crippen LogP contribution in [0.5, 0.6) is 5.75 Å². The van der Waals surface area contributed by atoms with E-state index in [1.54, 1.807) is 7.11 Å². The zero-order chi connectivity index (χ0) is 24.2. The maximum Gasteiger partial charge on any atom is 0.191 e. The lowest BCUT2D eigenvalue weighted by Crippen LogP contribution is -2.18. The number of ether oxygens (including phenoxy) is 1. The summed E-state index contributed by atoms with van der Waals surface area (Å²) >= 11 is 1.49. The minimum atomic E-state index is 0.110. The number of para-hydroxylation sites is 1. The predicted octanol–water partition coefficient (Wildman–Crippen LogP) is 6.17. The van der Waals surface area contributed by atoms with Gasteiger partial charge in [-0.3, -0.25) is 4.79 Å². The van der Waals surface area contributed by atoms with Crippen LogP contribution in [0.1, 0.15) is 60.0 Å². The maximum atomic E-state index is 13.3. The highest BCUT2D eigenvalue weighted by Gasteiger charge is 2.24. The lowest BCUT2D eigenvalue weighted by Gasteiger charge is -2.25. The van der Waals surface area contributed by atoms with Crippen LogP contribution in [-0.4, -0.2) is 38.4 Å². The molecular formula is C27H31N5O2S. The Bertz CT molecular complexity index is 1320. The van der Waals surface area contributed by atoms with Crippen LogP contribution in [0.2, 0.25) is 0 Å². The van der Waals surface area contributed by atoms with Crippen LogP contribution in [0.25, 0.3) is 10.9 Å². The smallest absolute Gasteiger partial charge is 0.191 e. The van der Waals surface area contributed by atoms with Gasteiger partial charge in [-0.2, -0.15) is 0 Å². The third-order valence-electron chi connectivity index (χ3n) is 6.70. The zero-order valence-corrected chi connectivity index (χ0v) is 21.0. The average Bonchev–Trinajstić information content (AvgIpc) is 3.46. The number of aromatic amines is 1. The Labute approximate surface area is 209 Å². The fraction of sp³-hybridized carbons (Fsp3) is 0.370. The molecule has 1 saturated carbocycles. The number of carbonyl (C=O) groups excluding carboxylic acids is 1. The topological polar surface area (TPSA) is 84.8 Å². The van der Waals surface area contributed by atoms with E-state index in [9.17, 15) is 4.79 Å². The number of fused-ring (bicyclic) bond motifs is 1. The Kier molecular flexibility index (Phi) is 7.08. The standard InChI is InChI=1S/C27H31N5O2S/c1-18-26(22-13-6-7-14-23(22)29-18)24(33)17-35-27-31-30-25(32(27)20-10-4-3-5-11-20)16-28-19-9-8-12-21(15-19)34-2/h6-9,12-15,20,28-29H,3-5,10-11,16-17H2,1-2H3. The van der Waals surface area contributed by atoms with Crippen molar-refractivity contribution >= 4 is 34.1 Å². The van der Waals surface area contributed by atoms with Crippen molar-refractivity contribution in [2.45, 2.75) is 56.8 Å². The summed E-state index contributed by atoms with van der Waals surface area (Å²) in [5.74, 6) is 2.15. The largest absolute Gasteiger partial charge is 0.497 e. The van der Waals surface area contributed by atoms with Crippen LogP contribution < -0.4 is 10.1 Å². The number of rotatable bonds is 9. The number of aromatic nitrogens is 4. The minimum absolute atomic E-state index is 0.110. The van der Waals surface area contributed by atoms with E-state index in [0.29, 0.717) is 18.3 Å². The summed E-state index contributed by atoms with van der Waals surface area (Å²) in [6.07, 6.45) is 5.93. The van der Waals surface area contributed by atoms with E-state index in [1.165, 1.54) is 31.0 Å². The summed E-state index contributed by atoms with van der Waals surface area (Å²) in [5, 5.41) is 14.3. The van der Waals surface area contributed by atoms with E-state index in [1.807, 2.05) is 55.5 Å². The first-order valence-electron chi connectivity index (χ1n) is 12.2. The van der Waals surface area contributed by atoms with E-state index in [2.05, 4.69) is 25.1 Å². The molecule has 4 aromatic rings. The van der Waals surface area contributed by atoms with Crippen LogP contribution in [0.3, 0.4) is 0 Å². The summed E-state index contributed by atoms with van der Waals surface area (Å²) in [5.41, 5.74) is 3.65. The molecular weight excluding hydrogens is 458 g/mol. The van der Waals surface area contributed by atoms with E-state index in [0.717, 1.165) is 57.4 Å². The molecule has 1 aliphatic carbocycles. The van der Waals surface area contributed by atoms with Crippen molar-refractivity contribution in [2.24, 2.45) is 0 Å². The first-order chi connectivity index (χ1) is 17.1. The SMILES string of the molecule is COc1cccc(NCc2nnc(SCC(=O)c3c(C)[nH]c4ccccc34)n2C2CCCCC2)c1. The van der Waals surface area contributed by atoms with Gasteiger partial charge < -0.3 is 19.6 Å². The number of Topliss-reactive ketones (excluding diaryl/α,β-unsaturated/α-hetero) is 1. The number of nitrogens with zero attached hydrogens (tertiary/aromatic N) is 3. The highest BCUT2D eigenvalue weighted by Crippen LogP contribution is 2.33. The molecule has 1 aliphatic rings. The van der Waals surface area contributed by atoms with Gasteiger partial charge in [0.25, 0.3) is 0 Å². The summed E-state index contributed by atoms with van der Waals surface area (Å²) in [6.45, 7) is 2.53. The molecule has 35 heavy (non-hydrogen) atoms. The molecule has 1 fully saturated rings. The molecule has 7 nitrogen and oxygen atoms in total. The Morgan fingerprint density at radius 1 is 1.14 bits per heavy atom. The van der Waals surface area contributed by atoms with Crippen LogP contribution in [0.15, 0.2) is 53.7 Å². The molecule has 2 heterocycles. The van der Waals surface area contributed by atoms with Gasteiger partial charge in [0.1, 0.15) is 5.75 Å². The molecule has 0 atom stereocenters. The Morgan fingerprint density at radius 3 is 2.80 bits per heavy atom. The van der Waals surface area contributed by atoms with Crippen LogP contribution in [-0.2, 0) is 6.54 Å². The molecule has 2 aromatic carbocycles. The summed E-state index contributed by atoms with van der Waals surface area (Å²) in [7, 11) is 1.67. The summed E-state index contributed by atoms with van der Waals surface area (Å²) < 4.78 is 7.61. The van der Waals surface area contributed by atoms with Crippen LogP contribution in [0, 0.1) is 6.92 Å². The summed E-state index contributed by atoms with van der Waals surface area (Å²) in [6, 6.07) is 16.2. The van der Waals surface area contributed by atoms with Crippen molar-refractivity contribution in [3.63, 3.8) is 0 Å². The Morgan fingerprint density at radius 2 is 1.97 bits per heavy atom. The average molecular weight is 490 g/mol. The van der Waals surface area contributed by atoms with Gasteiger partial charge in [0.15, 0.2) is 16.8 Å². The van der Waals surface area contributed by atoms with Crippen molar-refractivity contribution in [2.75, 3.05) is 18.2 Å². The van der Waals surface area contributed by atoms with Gasteiger partial charge in [-0.05, 0) is 38.0 Å². The lowest BCUT2D eigenvalue weighted by molar-refractivity contribution is 0.102. The normalized spacial score (nSPS) is 14.3. The number of H-pyrrole nitrogens is 1. The number of hydrogen-bond donors (Lipinski definition) is 2. The van der Waals surface area contributed by atoms with Gasteiger partial charge in [-0.25, -0.2) is 0 Å². The Balaban J connectivity index is 1.35. The van der Waals surface area contributed by atoms with Gasteiger partial charge in [0, 0.05) is 40.0 Å². The first kappa shape index (κ1) is 23.5. The number of hydrogen-bond acceptors (Lipinski definition) is 6. The zero-order valence-electron chi connectivity index (χ0n) is 20.2. The fourth-order valence-corrected chi connectivity index (χ4v) is 5.88. The molecule has 0 unspecified atom stereocenters. The summed E-state index contributed by atoms with van der Waals surface area (Å²) in [4.78, 5) is 16.6. The molecule has 5 rings (SSSR count). The van der Waals surface area contributed by atoms with E-state index in [4.69, 9.17) is 4.74 Å². The molecule has 0 radical (unpaired) electrons. The molecule has 2 N–H and O–H groups in total. The number of carbonyl (C=O) groups is 1. The van der Waals surface area contributed by atoms with Gasteiger partial charge in [-0.15, -0.1) is 10.2 Å². The number of aryl methyl sites for hydroxylation is 1. The highest BCUT2D eigenvalue weighted by atomic mass is 32.2. The molecule has 0 bridgehead atoms. The molecule has 0 saturated heterocycles. The van der Waals surface area contributed by atoms with Crippen molar-refractivity contribution in [3.05, 3.63) is 65.6 Å². The molecule has 2 aromatic heterocycles. The number of thioether (sulfide) groups is 1. The third kappa shape index (κ3) is 5.07. The maximum absolute atomic E-state index is 13.3. The first-order valence-corrected chi connectivity index (χ1v) is 13.2. The van der Waals surface area contributed by atoms with Crippen LogP contribution >= 0.6 is 11.8 Å². The molecule has 182 valence electrons. The van der Waals surface area contributed by atoms with Gasteiger partial charge in [0.05, 0.1) is 19.4 Å². The second-order valence-electron chi connectivity index (χ2n) is 9.03. The quantitative estimate of drug-likeness (QED) is 0.216. The van der Waals surface area contributed by atoms with Crippen molar-refractivity contribution in [3.8, 4) is 5.75 Å². The van der Waals surface area contributed by atoms with Gasteiger partial charge >= 0.3 is 0 Å². The van der Waals surface area contributed by atoms with Crippen molar-refractivity contribution < 1.29 is 9.53 Å². The molecule has 8 heteroatoms. The van der Waals surface area contributed by atoms with Crippen LogP contribution in [0.4, 0.5) is 5.69 Å². The predicted molar refractivity (Wildman–Crippen MR) is 141 cm³/mol. The van der Waals surface area contributed by atoms with E-state index < -0.39 is 0 Å². The number of ketones is 1. The van der Waals surface area contributed by atoms with E-state index in [-0.39, 0.29) is 5.78 Å². The van der Waals surface area contributed by atoms with Crippen molar-refractivity contribution in [1.29, 1.82) is 0 Å². The van der Waals surface area contributed by atoms with Gasteiger partial charge in [-0.1, -0.05) is 55.3 Å². The second kappa shape index (κ2) is 10.6. The Hall–Kier alpha value is -3.26. The van der Waals surface area contributed by atoms with E-state index >= 15 is 0 Å². The molecule has 0 aliphatic heterocycles. The number of anilines is 1. The molecule has 0 spiro atoms. The molecule has 0 amide bonds. The number of nitrogens with one attached hydrogen (secondary N) is 2. The van der Waals surface area contributed by atoms with Gasteiger partial charge in [0.2, 0.25) is 0 Å².